The molecular weight excluding hydrogens is 268 g/mol. The van der Waals surface area contributed by atoms with E-state index in [9.17, 15) is 9.90 Å². The zero-order valence-electron chi connectivity index (χ0n) is 10.7. The Labute approximate surface area is 116 Å². The highest BCUT2D eigenvalue weighted by molar-refractivity contribution is 6.32. The maximum absolute atomic E-state index is 11.8. The molecule has 0 bridgehead atoms. The first-order chi connectivity index (χ1) is 9.06. The molecule has 19 heavy (non-hydrogen) atoms. The van der Waals surface area contributed by atoms with Gasteiger partial charge in [-0.1, -0.05) is 17.7 Å². The molecule has 1 aliphatic heterocycles. The third kappa shape index (κ3) is 1.82. The van der Waals surface area contributed by atoms with Gasteiger partial charge >= 0.3 is 5.97 Å². The Hall–Kier alpha value is -1.26. The van der Waals surface area contributed by atoms with Crippen molar-refractivity contribution in [1.82, 2.24) is 0 Å². The summed E-state index contributed by atoms with van der Waals surface area (Å²) >= 11 is 6.10. The van der Waals surface area contributed by atoms with Gasteiger partial charge < -0.3 is 14.6 Å². The van der Waals surface area contributed by atoms with Gasteiger partial charge in [-0.3, -0.25) is 4.79 Å². The molecule has 3 unspecified atom stereocenters. The van der Waals surface area contributed by atoms with E-state index < -0.39 is 6.10 Å². The SMILES string of the molecule is CCOC(=O)C1C2Oc3c(Cl)ccc([C@@H](C)O)c3C21. The molecule has 0 radical (unpaired) electrons. The predicted molar refractivity (Wildman–Crippen MR) is 69.4 cm³/mol. The van der Waals surface area contributed by atoms with Crippen LogP contribution in [0.2, 0.25) is 5.02 Å². The van der Waals surface area contributed by atoms with Gasteiger partial charge in [-0.25, -0.2) is 0 Å². The maximum Gasteiger partial charge on any atom is 0.313 e. The van der Waals surface area contributed by atoms with E-state index in [4.69, 9.17) is 21.1 Å². The van der Waals surface area contributed by atoms with E-state index >= 15 is 0 Å². The lowest BCUT2D eigenvalue weighted by Crippen LogP contribution is -2.14. The number of aliphatic hydroxyl groups is 1. The van der Waals surface area contributed by atoms with Crippen LogP contribution in [0.5, 0.6) is 5.75 Å². The number of hydrogen-bond donors (Lipinski definition) is 1. The van der Waals surface area contributed by atoms with E-state index in [0.717, 1.165) is 11.1 Å². The largest absolute Gasteiger partial charge is 0.487 e. The average Bonchev–Trinajstić information content (AvgIpc) is 2.93. The van der Waals surface area contributed by atoms with Gasteiger partial charge in [0, 0.05) is 11.5 Å². The molecule has 3 rings (SSSR count). The molecular formula is C14H15ClO4. The molecule has 0 saturated heterocycles. The second kappa shape index (κ2) is 4.39. The molecule has 1 fully saturated rings. The minimum absolute atomic E-state index is 0.0302. The number of halogens is 1. The van der Waals surface area contributed by atoms with Gasteiger partial charge in [0.05, 0.1) is 17.7 Å². The lowest BCUT2D eigenvalue weighted by atomic mass is 9.98. The summed E-state index contributed by atoms with van der Waals surface area (Å²) in [4.78, 5) is 11.8. The number of carbonyl (C=O) groups is 1. The summed E-state index contributed by atoms with van der Waals surface area (Å²) in [7, 11) is 0. The second-order valence-electron chi connectivity index (χ2n) is 4.94. The van der Waals surface area contributed by atoms with Crippen LogP contribution in [0.25, 0.3) is 0 Å². The first-order valence-electron chi connectivity index (χ1n) is 6.40. The van der Waals surface area contributed by atoms with Crippen molar-refractivity contribution >= 4 is 17.6 Å². The first-order valence-corrected chi connectivity index (χ1v) is 6.77. The Balaban J connectivity index is 1.96. The Morgan fingerprint density at radius 2 is 2.32 bits per heavy atom. The monoisotopic (exact) mass is 282 g/mol. The van der Waals surface area contributed by atoms with Gasteiger partial charge in [0.25, 0.3) is 0 Å². The number of rotatable bonds is 3. The quantitative estimate of drug-likeness (QED) is 0.865. The molecule has 0 aromatic heterocycles. The van der Waals surface area contributed by atoms with Crippen LogP contribution in [0.1, 0.15) is 37.0 Å². The van der Waals surface area contributed by atoms with E-state index in [1.807, 2.05) is 0 Å². The van der Waals surface area contributed by atoms with E-state index in [0.29, 0.717) is 17.4 Å². The zero-order valence-corrected chi connectivity index (χ0v) is 11.5. The molecule has 1 heterocycles. The molecule has 1 aliphatic carbocycles. The third-order valence-electron chi connectivity index (χ3n) is 3.73. The van der Waals surface area contributed by atoms with Gasteiger partial charge in [-0.15, -0.1) is 0 Å². The van der Waals surface area contributed by atoms with Crippen LogP contribution in [0, 0.1) is 5.92 Å². The van der Waals surface area contributed by atoms with Crippen LogP contribution in [0.3, 0.4) is 0 Å². The standard InChI is InChI=1S/C14H15ClO4/c1-3-18-14(17)11-10-9-7(6(2)16)4-5-8(15)12(9)19-13(10)11/h4-6,10-11,13,16H,3H2,1-2H3/t6-,10?,11?,13?/m1/s1. The van der Waals surface area contributed by atoms with Gasteiger partial charge in [-0.2, -0.15) is 0 Å². The summed E-state index contributed by atoms with van der Waals surface area (Å²) in [6.07, 6.45) is -0.803. The van der Waals surface area contributed by atoms with Crippen molar-refractivity contribution in [3.63, 3.8) is 0 Å². The molecule has 1 aromatic carbocycles. The van der Waals surface area contributed by atoms with Crippen LogP contribution >= 0.6 is 11.6 Å². The summed E-state index contributed by atoms with van der Waals surface area (Å²) in [6, 6.07) is 3.50. The molecule has 5 heteroatoms. The van der Waals surface area contributed by atoms with Crippen molar-refractivity contribution < 1.29 is 19.4 Å². The number of hydrogen-bond acceptors (Lipinski definition) is 4. The van der Waals surface area contributed by atoms with Gasteiger partial charge in [0.1, 0.15) is 17.8 Å². The van der Waals surface area contributed by atoms with Crippen LogP contribution in [0.4, 0.5) is 0 Å². The van der Waals surface area contributed by atoms with Gasteiger partial charge in [0.2, 0.25) is 0 Å². The van der Waals surface area contributed by atoms with Crippen LogP contribution in [-0.2, 0) is 9.53 Å². The summed E-state index contributed by atoms with van der Waals surface area (Å²) in [5, 5.41) is 10.4. The highest BCUT2D eigenvalue weighted by atomic mass is 35.5. The molecule has 0 spiro atoms. The van der Waals surface area contributed by atoms with Crippen LogP contribution in [-0.4, -0.2) is 23.8 Å². The number of esters is 1. The molecule has 1 N–H and O–H groups in total. The van der Waals surface area contributed by atoms with Crippen LogP contribution < -0.4 is 4.74 Å². The number of aliphatic hydroxyl groups excluding tert-OH is 1. The Kier molecular flexibility index (Phi) is 2.95. The number of carbonyl (C=O) groups excluding carboxylic acids is 1. The van der Waals surface area contributed by atoms with Crippen molar-refractivity contribution in [2.45, 2.75) is 32.0 Å². The zero-order chi connectivity index (χ0) is 13.7. The topological polar surface area (TPSA) is 55.8 Å². The van der Waals surface area contributed by atoms with E-state index in [1.54, 1.807) is 26.0 Å². The molecule has 1 saturated carbocycles. The smallest absolute Gasteiger partial charge is 0.313 e. The average molecular weight is 283 g/mol. The lowest BCUT2D eigenvalue weighted by molar-refractivity contribution is -0.145. The minimum Gasteiger partial charge on any atom is -0.487 e. The van der Waals surface area contributed by atoms with Crippen molar-refractivity contribution in [3.8, 4) is 5.75 Å². The predicted octanol–water partition coefficient (Wildman–Crippen LogP) is 2.43. The van der Waals surface area contributed by atoms with Crippen molar-refractivity contribution in [2.24, 2.45) is 5.92 Å². The van der Waals surface area contributed by atoms with Crippen LogP contribution in [0.15, 0.2) is 12.1 Å². The van der Waals surface area contributed by atoms with E-state index in [2.05, 4.69) is 0 Å². The van der Waals surface area contributed by atoms with Crippen molar-refractivity contribution in [1.29, 1.82) is 0 Å². The molecule has 4 nitrogen and oxygen atoms in total. The summed E-state index contributed by atoms with van der Waals surface area (Å²) < 4.78 is 10.8. The molecule has 4 atom stereocenters. The number of fused-ring (bicyclic) bond motifs is 3. The molecule has 1 aromatic rings. The van der Waals surface area contributed by atoms with E-state index in [-0.39, 0.29) is 23.9 Å². The lowest BCUT2D eigenvalue weighted by Gasteiger charge is -2.15. The Bertz CT molecular complexity index is 540. The highest BCUT2D eigenvalue weighted by Gasteiger charge is 2.64. The fraction of sp³-hybridized carbons (Fsp3) is 0.500. The number of ether oxygens (including phenoxy) is 2. The minimum atomic E-state index is -0.614. The van der Waals surface area contributed by atoms with Crippen molar-refractivity contribution in [3.05, 3.63) is 28.3 Å². The second-order valence-corrected chi connectivity index (χ2v) is 5.35. The third-order valence-corrected chi connectivity index (χ3v) is 4.03. The molecule has 2 aliphatic rings. The summed E-state index contributed by atoms with van der Waals surface area (Å²) in [5.41, 5.74) is 1.64. The van der Waals surface area contributed by atoms with Gasteiger partial charge in [-0.05, 0) is 25.5 Å². The maximum atomic E-state index is 11.8. The molecule has 102 valence electrons. The normalized spacial score (nSPS) is 28.1. The number of benzene rings is 1. The Morgan fingerprint density at radius 1 is 1.58 bits per heavy atom. The first kappa shape index (κ1) is 12.8. The van der Waals surface area contributed by atoms with Gasteiger partial charge in [0.15, 0.2) is 0 Å². The van der Waals surface area contributed by atoms with Crippen molar-refractivity contribution in [2.75, 3.05) is 6.61 Å². The molecule has 0 amide bonds. The Morgan fingerprint density at radius 3 is 2.95 bits per heavy atom. The van der Waals surface area contributed by atoms with E-state index in [1.165, 1.54) is 0 Å². The highest BCUT2D eigenvalue weighted by Crippen LogP contribution is 2.61. The fourth-order valence-electron chi connectivity index (χ4n) is 2.84. The summed E-state index contributed by atoms with van der Waals surface area (Å²) in [5.74, 6) is 0.0797. The summed E-state index contributed by atoms with van der Waals surface area (Å²) in [6.45, 7) is 3.84. The fourth-order valence-corrected chi connectivity index (χ4v) is 3.05.